The number of halogens is 1. The van der Waals surface area contributed by atoms with Crippen LogP contribution in [0.25, 0.3) is 0 Å². The second-order valence-electron chi connectivity index (χ2n) is 1.84. The normalized spacial score (nSPS) is 8.50. The van der Waals surface area contributed by atoms with E-state index in [9.17, 15) is 4.79 Å². The summed E-state index contributed by atoms with van der Waals surface area (Å²) in [6, 6.07) is 3.33. The standard InChI is InChI=1S/C6H6N2OS2.BrH/c9-6(8(10)11)5-2-1-3-7-4-5;/h1-4,10-11H;1H. The Morgan fingerprint density at radius 1 is 1.50 bits per heavy atom. The summed E-state index contributed by atoms with van der Waals surface area (Å²) in [5.41, 5.74) is 0.470. The van der Waals surface area contributed by atoms with Gasteiger partial charge in [-0.05, 0) is 12.1 Å². The van der Waals surface area contributed by atoms with Crippen molar-refractivity contribution in [3.63, 3.8) is 0 Å². The van der Waals surface area contributed by atoms with Crippen LogP contribution in [0, 0.1) is 0 Å². The molecule has 0 atom stereocenters. The third kappa shape index (κ3) is 3.04. The second kappa shape index (κ2) is 5.45. The maximum absolute atomic E-state index is 11.1. The van der Waals surface area contributed by atoms with Gasteiger partial charge in [-0.25, -0.2) is 3.71 Å². The predicted octanol–water partition coefficient (Wildman–Crippen LogP) is 1.79. The van der Waals surface area contributed by atoms with Crippen LogP contribution in [0.3, 0.4) is 0 Å². The van der Waals surface area contributed by atoms with Gasteiger partial charge in [0.25, 0.3) is 5.91 Å². The van der Waals surface area contributed by atoms with E-state index in [1.165, 1.54) is 6.20 Å². The lowest BCUT2D eigenvalue weighted by Gasteiger charge is -2.05. The molecule has 1 heterocycles. The van der Waals surface area contributed by atoms with E-state index < -0.39 is 0 Å². The van der Waals surface area contributed by atoms with Gasteiger partial charge in [-0.3, -0.25) is 9.78 Å². The maximum atomic E-state index is 11.1. The molecular formula is C6H7BrN2OS2. The average Bonchev–Trinajstić information content (AvgIpc) is 2.05. The summed E-state index contributed by atoms with van der Waals surface area (Å²) in [5, 5.41) is 0. The molecular weight excluding hydrogens is 260 g/mol. The minimum atomic E-state index is -0.287. The number of aromatic nitrogens is 1. The summed E-state index contributed by atoms with van der Waals surface area (Å²) < 4.78 is 0.914. The first kappa shape index (κ1) is 11.8. The van der Waals surface area contributed by atoms with Crippen molar-refractivity contribution in [3.8, 4) is 0 Å². The van der Waals surface area contributed by atoms with Crippen LogP contribution >= 0.6 is 42.6 Å². The van der Waals surface area contributed by atoms with Crippen LogP contribution in [0.2, 0.25) is 0 Å². The van der Waals surface area contributed by atoms with Crippen molar-refractivity contribution in [2.45, 2.75) is 0 Å². The molecule has 0 aromatic carbocycles. The van der Waals surface area contributed by atoms with Gasteiger partial charge in [-0.2, -0.15) is 0 Å². The van der Waals surface area contributed by atoms with Gasteiger partial charge in [0.05, 0.1) is 5.56 Å². The molecule has 3 nitrogen and oxygen atoms in total. The predicted molar refractivity (Wildman–Crippen MR) is 58.7 cm³/mol. The van der Waals surface area contributed by atoms with Crippen LogP contribution in [0.15, 0.2) is 24.5 Å². The summed E-state index contributed by atoms with van der Waals surface area (Å²) in [6.07, 6.45) is 3.06. The number of hydrogen-bond donors (Lipinski definition) is 2. The number of rotatable bonds is 1. The Balaban J connectivity index is 0.00000121. The molecule has 0 aliphatic carbocycles. The molecule has 1 aromatic heterocycles. The largest absolute Gasteiger partial charge is 0.275 e. The van der Waals surface area contributed by atoms with Crippen LogP contribution in [0.5, 0.6) is 0 Å². The van der Waals surface area contributed by atoms with Gasteiger partial charge < -0.3 is 0 Å². The molecule has 1 aromatic rings. The zero-order valence-corrected chi connectivity index (χ0v) is 9.42. The monoisotopic (exact) mass is 266 g/mol. The Labute approximate surface area is 92.0 Å². The number of thiol groups is 2. The molecule has 0 aliphatic heterocycles. The molecule has 6 heteroatoms. The Hall–Kier alpha value is -0.200. The number of carbonyl (C=O) groups is 1. The van der Waals surface area contributed by atoms with Gasteiger partial charge in [0.2, 0.25) is 0 Å². The lowest BCUT2D eigenvalue weighted by molar-refractivity contribution is 0.0936. The van der Waals surface area contributed by atoms with Gasteiger partial charge in [-0.15, -0.1) is 17.0 Å². The zero-order chi connectivity index (χ0) is 8.27. The summed E-state index contributed by atoms with van der Waals surface area (Å²) in [4.78, 5) is 14.9. The maximum Gasteiger partial charge on any atom is 0.275 e. The molecule has 0 unspecified atom stereocenters. The first-order valence-electron chi connectivity index (χ1n) is 2.84. The number of carbonyl (C=O) groups excluding carboxylic acids is 1. The lowest BCUT2D eigenvalue weighted by atomic mass is 10.3. The molecule has 0 bridgehead atoms. The third-order valence-electron chi connectivity index (χ3n) is 1.09. The van der Waals surface area contributed by atoms with Crippen molar-refractivity contribution < 1.29 is 4.79 Å². The third-order valence-corrected chi connectivity index (χ3v) is 1.45. The first-order chi connectivity index (χ1) is 5.22. The van der Waals surface area contributed by atoms with Crippen LogP contribution in [0.4, 0.5) is 0 Å². The summed E-state index contributed by atoms with van der Waals surface area (Å²) in [7, 11) is 0. The molecule has 1 rings (SSSR count). The van der Waals surface area contributed by atoms with E-state index in [1.54, 1.807) is 18.3 Å². The average molecular weight is 267 g/mol. The van der Waals surface area contributed by atoms with Crippen LogP contribution < -0.4 is 0 Å². The van der Waals surface area contributed by atoms with Crippen LogP contribution in [-0.2, 0) is 0 Å². The summed E-state index contributed by atoms with van der Waals surface area (Å²) in [5.74, 6) is -0.287. The van der Waals surface area contributed by atoms with Crippen molar-refractivity contribution >= 4 is 48.5 Å². The highest BCUT2D eigenvalue weighted by Crippen LogP contribution is 2.06. The number of nitrogens with zero attached hydrogens (tertiary/aromatic N) is 2. The molecule has 66 valence electrons. The lowest BCUT2D eigenvalue weighted by Crippen LogP contribution is -2.11. The summed E-state index contributed by atoms with van der Waals surface area (Å²) in [6.45, 7) is 0. The topological polar surface area (TPSA) is 33.2 Å². The molecule has 0 spiro atoms. The van der Waals surface area contributed by atoms with E-state index >= 15 is 0 Å². The minimum absolute atomic E-state index is 0. The van der Waals surface area contributed by atoms with Crippen molar-refractivity contribution in [1.82, 2.24) is 8.69 Å². The van der Waals surface area contributed by atoms with Crippen molar-refractivity contribution in [1.29, 1.82) is 0 Å². The van der Waals surface area contributed by atoms with E-state index in [-0.39, 0.29) is 22.9 Å². The van der Waals surface area contributed by atoms with Gasteiger partial charge >= 0.3 is 0 Å². The Kier molecular flexibility index (Phi) is 5.36. The van der Waals surface area contributed by atoms with Gasteiger partial charge in [-0.1, -0.05) is 25.6 Å². The Morgan fingerprint density at radius 3 is 2.58 bits per heavy atom. The Bertz CT molecular complexity index is 255. The number of amides is 1. The highest BCUT2D eigenvalue weighted by Gasteiger charge is 2.07. The number of pyridine rings is 1. The first-order valence-corrected chi connectivity index (χ1v) is 3.64. The van der Waals surface area contributed by atoms with E-state index in [4.69, 9.17) is 0 Å². The van der Waals surface area contributed by atoms with Crippen molar-refractivity contribution in [2.75, 3.05) is 0 Å². The van der Waals surface area contributed by atoms with E-state index in [0.717, 1.165) is 3.71 Å². The summed E-state index contributed by atoms with van der Waals surface area (Å²) >= 11 is 7.45. The smallest absolute Gasteiger partial charge is 0.267 e. The van der Waals surface area contributed by atoms with Gasteiger partial charge in [0.15, 0.2) is 0 Å². The van der Waals surface area contributed by atoms with Crippen molar-refractivity contribution in [3.05, 3.63) is 30.1 Å². The zero-order valence-electron chi connectivity index (χ0n) is 5.91. The molecule has 0 saturated heterocycles. The molecule has 0 radical (unpaired) electrons. The number of hydrogen-bond acceptors (Lipinski definition) is 4. The highest BCUT2D eigenvalue weighted by atomic mass is 79.9. The van der Waals surface area contributed by atoms with Crippen molar-refractivity contribution in [2.24, 2.45) is 0 Å². The fourth-order valence-electron chi connectivity index (χ4n) is 0.605. The molecule has 1 amide bonds. The van der Waals surface area contributed by atoms with E-state index in [2.05, 4.69) is 30.6 Å². The highest BCUT2D eigenvalue weighted by molar-refractivity contribution is 8.93. The molecule has 0 saturated carbocycles. The van der Waals surface area contributed by atoms with E-state index in [1.807, 2.05) is 0 Å². The van der Waals surface area contributed by atoms with Crippen LogP contribution in [0.1, 0.15) is 10.4 Å². The SMILES string of the molecule is Br.O=C(c1cccnc1)N(S)S. The molecule has 0 aliphatic rings. The van der Waals surface area contributed by atoms with E-state index in [0.29, 0.717) is 5.56 Å². The minimum Gasteiger partial charge on any atom is -0.267 e. The molecule has 0 N–H and O–H groups in total. The Morgan fingerprint density at radius 2 is 2.17 bits per heavy atom. The molecule has 12 heavy (non-hydrogen) atoms. The van der Waals surface area contributed by atoms with Gasteiger partial charge in [0, 0.05) is 12.4 Å². The fraction of sp³-hybridized carbons (Fsp3) is 0. The second-order valence-corrected chi connectivity index (χ2v) is 2.95. The molecule has 0 fully saturated rings. The van der Waals surface area contributed by atoms with Gasteiger partial charge in [0.1, 0.15) is 0 Å². The fourth-order valence-corrected chi connectivity index (χ4v) is 0.836. The van der Waals surface area contributed by atoms with Crippen LogP contribution in [-0.4, -0.2) is 14.6 Å². The quantitative estimate of drug-likeness (QED) is 0.760.